The van der Waals surface area contributed by atoms with Gasteiger partial charge in [-0.2, -0.15) is 0 Å². The molecule has 1 amide bonds. The summed E-state index contributed by atoms with van der Waals surface area (Å²) in [6.45, 7) is 4.16. The molecule has 1 aromatic carbocycles. The highest BCUT2D eigenvalue weighted by Gasteiger charge is 2.24. The van der Waals surface area contributed by atoms with Gasteiger partial charge in [-0.25, -0.2) is 0 Å². The second-order valence-electron chi connectivity index (χ2n) is 4.19. The SMILES string of the molecule is CCN(CC(N)=O)C(C)C(=O)c1ccc(Cl)cc1Cl. The number of carbonyl (C=O) groups is 2. The topological polar surface area (TPSA) is 63.4 Å². The van der Waals surface area contributed by atoms with Crippen LogP contribution in [0.4, 0.5) is 0 Å². The number of ketones is 1. The number of rotatable bonds is 6. The Morgan fingerprint density at radius 3 is 2.47 bits per heavy atom. The summed E-state index contributed by atoms with van der Waals surface area (Å²) in [6, 6.07) is 4.24. The first-order valence-electron chi connectivity index (χ1n) is 5.88. The molecule has 0 aliphatic rings. The van der Waals surface area contributed by atoms with Gasteiger partial charge in [0.15, 0.2) is 5.78 Å². The predicted octanol–water partition coefficient (Wildman–Crippen LogP) is 2.37. The Bertz CT molecular complexity index is 492. The van der Waals surface area contributed by atoms with Gasteiger partial charge in [-0.15, -0.1) is 0 Å². The van der Waals surface area contributed by atoms with Crippen LogP contribution in [-0.4, -0.2) is 35.7 Å². The zero-order chi connectivity index (χ0) is 14.6. The van der Waals surface area contributed by atoms with Crippen molar-refractivity contribution in [3.8, 4) is 0 Å². The van der Waals surface area contributed by atoms with Gasteiger partial charge in [0, 0.05) is 10.6 Å². The molecule has 0 aliphatic heterocycles. The number of nitrogens with zero attached hydrogens (tertiary/aromatic N) is 1. The summed E-state index contributed by atoms with van der Waals surface area (Å²) in [5.74, 6) is -0.631. The van der Waals surface area contributed by atoms with Crippen LogP contribution in [0.1, 0.15) is 24.2 Å². The third-order valence-electron chi connectivity index (χ3n) is 2.89. The van der Waals surface area contributed by atoms with Crippen LogP contribution in [0.5, 0.6) is 0 Å². The van der Waals surface area contributed by atoms with Crippen molar-refractivity contribution in [3.05, 3.63) is 33.8 Å². The Morgan fingerprint density at radius 1 is 1.37 bits per heavy atom. The van der Waals surface area contributed by atoms with Crippen LogP contribution in [0.15, 0.2) is 18.2 Å². The van der Waals surface area contributed by atoms with Crippen molar-refractivity contribution < 1.29 is 9.59 Å². The van der Waals surface area contributed by atoms with Crippen LogP contribution in [0.25, 0.3) is 0 Å². The molecule has 4 nitrogen and oxygen atoms in total. The molecule has 19 heavy (non-hydrogen) atoms. The molecule has 1 atom stereocenters. The Labute approximate surface area is 122 Å². The first kappa shape index (κ1) is 16.0. The molecule has 0 aliphatic carbocycles. The summed E-state index contributed by atoms with van der Waals surface area (Å²) in [7, 11) is 0. The molecule has 6 heteroatoms. The van der Waals surface area contributed by atoms with E-state index in [9.17, 15) is 9.59 Å². The average molecular weight is 303 g/mol. The van der Waals surface area contributed by atoms with Crippen molar-refractivity contribution in [1.82, 2.24) is 4.90 Å². The highest BCUT2D eigenvalue weighted by Crippen LogP contribution is 2.23. The monoisotopic (exact) mass is 302 g/mol. The van der Waals surface area contributed by atoms with E-state index in [0.717, 1.165) is 0 Å². The number of hydrogen-bond acceptors (Lipinski definition) is 3. The first-order chi connectivity index (χ1) is 8.86. The number of carbonyl (C=O) groups excluding carboxylic acids is 2. The molecule has 0 saturated carbocycles. The van der Waals surface area contributed by atoms with E-state index in [1.165, 1.54) is 6.07 Å². The molecular formula is C13H16Cl2N2O2. The van der Waals surface area contributed by atoms with Crippen LogP contribution >= 0.6 is 23.2 Å². The number of nitrogens with two attached hydrogens (primary N) is 1. The van der Waals surface area contributed by atoms with Gasteiger partial charge >= 0.3 is 0 Å². The quantitative estimate of drug-likeness (QED) is 0.821. The Hall–Kier alpha value is -1.10. The molecule has 0 spiro atoms. The standard InChI is InChI=1S/C13H16Cl2N2O2/c1-3-17(7-12(16)18)8(2)13(19)10-5-4-9(14)6-11(10)15/h4-6,8H,3,7H2,1-2H3,(H2,16,18). The van der Waals surface area contributed by atoms with Gasteiger partial charge in [-0.05, 0) is 31.7 Å². The van der Waals surface area contributed by atoms with Crippen molar-refractivity contribution >= 4 is 34.9 Å². The maximum atomic E-state index is 12.3. The minimum Gasteiger partial charge on any atom is -0.369 e. The summed E-state index contributed by atoms with van der Waals surface area (Å²) in [5, 5.41) is 0.776. The highest BCUT2D eigenvalue weighted by atomic mass is 35.5. The molecule has 0 saturated heterocycles. The van der Waals surface area contributed by atoms with Crippen molar-refractivity contribution in [2.45, 2.75) is 19.9 Å². The van der Waals surface area contributed by atoms with E-state index in [0.29, 0.717) is 22.2 Å². The molecule has 104 valence electrons. The molecule has 0 aromatic heterocycles. The zero-order valence-corrected chi connectivity index (χ0v) is 12.3. The fourth-order valence-electron chi connectivity index (χ4n) is 1.80. The van der Waals surface area contributed by atoms with Crippen molar-refractivity contribution in [1.29, 1.82) is 0 Å². The number of hydrogen-bond donors (Lipinski definition) is 1. The van der Waals surface area contributed by atoms with Crippen molar-refractivity contribution in [3.63, 3.8) is 0 Å². The maximum Gasteiger partial charge on any atom is 0.231 e. The fourth-order valence-corrected chi connectivity index (χ4v) is 2.30. The molecule has 2 N–H and O–H groups in total. The summed E-state index contributed by atoms with van der Waals surface area (Å²) in [5.41, 5.74) is 5.55. The fraction of sp³-hybridized carbons (Fsp3) is 0.385. The molecule has 0 heterocycles. The number of likely N-dealkylation sites (N-methyl/N-ethyl adjacent to an activating group) is 1. The Kier molecular flexibility index (Phi) is 5.79. The van der Waals surface area contributed by atoms with Gasteiger partial charge in [-0.3, -0.25) is 14.5 Å². The summed E-state index contributed by atoms with van der Waals surface area (Å²) in [4.78, 5) is 25.0. The largest absolute Gasteiger partial charge is 0.369 e. The van der Waals surface area contributed by atoms with E-state index in [2.05, 4.69) is 0 Å². The molecular weight excluding hydrogens is 287 g/mol. The second kappa shape index (κ2) is 6.89. The lowest BCUT2D eigenvalue weighted by Gasteiger charge is -2.25. The Balaban J connectivity index is 2.94. The third-order valence-corrected chi connectivity index (χ3v) is 3.44. The normalized spacial score (nSPS) is 12.5. The molecule has 1 unspecified atom stereocenters. The van der Waals surface area contributed by atoms with Crippen LogP contribution in [0.3, 0.4) is 0 Å². The number of amides is 1. The molecule has 0 bridgehead atoms. The second-order valence-corrected chi connectivity index (χ2v) is 5.04. The molecule has 1 aromatic rings. The van der Waals surface area contributed by atoms with E-state index >= 15 is 0 Å². The smallest absolute Gasteiger partial charge is 0.231 e. The minimum absolute atomic E-state index is 0.0363. The number of primary amides is 1. The molecule has 0 fully saturated rings. The van der Waals surface area contributed by atoms with E-state index in [4.69, 9.17) is 28.9 Å². The van der Waals surface area contributed by atoms with Crippen molar-refractivity contribution in [2.24, 2.45) is 5.73 Å². The van der Waals surface area contributed by atoms with Gasteiger partial charge in [-0.1, -0.05) is 30.1 Å². The molecule has 0 radical (unpaired) electrons. The molecule has 1 rings (SSSR count). The van der Waals surface area contributed by atoms with Crippen molar-refractivity contribution in [2.75, 3.05) is 13.1 Å². The highest BCUT2D eigenvalue weighted by molar-refractivity contribution is 6.37. The van der Waals surface area contributed by atoms with Crippen LogP contribution in [-0.2, 0) is 4.79 Å². The van der Waals surface area contributed by atoms with E-state index in [-0.39, 0.29) is 12.3 Å². The third kappa shape index (κ3) is 4.20. The summed E-state index contributed by atoms with van der Waals surface area (Å²) < 4.78 is 0. The van der Waals surface area contributed by atoms with Gasteiger partial charge in [0.25, 0.3) is 0 Å². The Morgan fingerprint density at radius 2 is 2.00 bits per heavy atom. The average Bonchev–Trinajstić information content (AvgIpc) is 2.34. The van der Waals surface area contributed by atoms with Crippen LogP contribution < -0.4 is 5.73 Å². The zero-order valence-electron chi connectivity index (χ0n) is 10.8. The number of Topliss-reactive ketones (excluding diaryl/α,β-unsaturated/α-hetero) is 1. The lowest BCUT2D eigenvalue weighted by atomic mass is 10.0. The predicted molar refractivity (Wildman–Crippen MR) is 76.7 cm³/mol. The summed E-state index contributed by atoms with van der Waals surface area (Å²) >= 11 is 11.8. The van der Waals surface area contributed by atoms with E-state index in [1.807, 2.05) is 6.92 Å². The van der Waals surface area contributed by atoms with Gasteiger partial charge in [0.2, 0.25) is 5.91 Å². The summed E-state index contributed by atoms with van der Waals surface area (Å²) in [6.07, 6.45) is 0. The lowest BCUT2D eigenvalue weighted by Crippen LogP contribution is -2.43. The van der Waals surface area contributed by atoms with Gasteiger partial charge in [0.1, 0.15) is 0 Å². The minimum atomic E-state index is -0.476. The van der Waals surface area contributed by atoms with Gasteiger partial charge in [0.05, 0.1) is 17.6 Å². The maximum absolute atomic E-state index is 12.3. The van der Waals surface area contributed by atoms with Crippen LogP contribution in [0, 0.1) is 0 Å². The van der Waals surface area contributed by atoms with E-state index in [1.54, 1.807) is 24.0 Å². The number of halogens is 2. The van der Waals surface area contributed by atoms with Gasteiger partial charge < -0.3 is 5.73 Å². The number of benzene rings is 1. The van der Waals surface area contributed by atoms with E-state index < -0.39 is 11.9 Å². The first-order valence-corrected chi connectivity index (χ1v) is 6.64. The lowest BCUT2D eigenvalue weighted by molar-refractivity contribution is -0.119. The van der Waals surface area contributed by atoms with Crippen LogP contribution in [0.2, 0.25) is 10.0 Å².